The van der Waals surface area contributed by atoms with Gasteiger partial charge in [-0.2, -0.15) is 0 Å². The van der Waals surface area contributed by atoms with Crippen LogP contribution in [-0.4, -0.2) is 22.8 Å². The molecule has 1 heterocycles. The Morgan fingerprint density at radius 2 is 2.00 bits per heavy atom. The van der Waals surface area contributed by atoms with Crippen molar-refractivity contribution in [2.75, 3.05) is 6.61 Å². The molecule has 0 atom stereocenters. The van der Waals surface area contributed by atoms with Gasteiger partial charge in [0.15, 0.2) is 0 Å². The van der Waals surface area contributed by atoms with Gasteiger partial charge < -0.3 is 10.2 Å². The van der Waals surface area contributed by atoms with Crippen LogP contribution < -0.4 is 0 Å². The van der Waals surface area contributed by atoms with Crippen LogP contribution in [0.5, 0.6) is 0 Å². The summed E-state index contributed by atoms with van der Waals surface area (Å²) in [6.45, 7) is 13.8. The molecule has 0 saturated carbocycles. The van der Waals surface area contributed by atoms with Crippen LogP contribution in [0.3, 0.4) is 0 Å². The summed E-state index contributed by atoms with van der Waals surface area (Å²) in [5.41, 5.74) is 2.91. The van der Waals surface area contributed by atoms with Crippen molar-refractivity contribution < 1.29 is 15.0 Å². The Hall–Kier alpha value is -1.65. The molecule has 1 aliphatic rings. The second-order valence-corrected chi connectivity index (χ2v) is 7.76. The summed E-state index contributed by atoms with van der Waals surface area (Å²) < 4.78 is 0. The molecule has 0 saturated heterocycles. The zero-order valence-electron chi connectivity index (χ0n) is 16.0. The molecule has 2 rings (SSSR count). The molecule has 0 aromatic carbocycles. The van der Waals surface area contributed by atoms with E-state index in [0.717, 1.165) is 35.3 Å². The Kier molecular flexibility index (Phi) is 7.84. The van der Waals surface area contributed by atoms with Crippen molar-refractivity contribution in [3.63, 3.8) is 0 Å². The first-order valence-electron chi connectivity index (χ1n) is 8.82. The molecule has 0 radical (unpaired) electrons. The molecule has 0 unspecified atom stereocenters. The molecule has 2 N–H and O–H groups in total. The van der Waals surface area contributed by atoms with E-state index in [1.54, 1.807) is 17.4 Å². The average molecular weight is 363 g/mol. The molecule has 0 amide bonds. The van der Waals surface area contributed by atoms with E-state index in [1.807, 2.05) is 32.9 Å². The molecule has 4 heteroatoms. The van der Waals surface area contributed by atoms with Crippen molar-refractivity contribution in [1.29, 1.82) is 0 Å². The Morgan fingerprint density at radius 1 is 1.36 bits per heavy atom. The second kappa shape index (κ2) is 9.16. The molecule has 25 heavy (non-hydrogen) atoms. The highest BCUT2D eigenvalue weighted by atomic mass is 32.1. The van der Waals surface area contributed by atoms with Gasteiger partial charge in [0, 0.05) is 9.75 Å². The smallest absolute Gasteiger partial charge is 0.337 e. The largest absolute Gasteiger partial charge is 0.478 e. The maximum atomic E-state index is 11.9. The minimum Gasteiger partial charge on any atom is -0.478 e. The highest BCUT2D eigenvalue weighted by Gasteiger charge is 2.33. The summed E-state index contributed by atoms with van der Waals surface area (Å²) in [6.07, 6.45) is 8.09. The van der Waals surface area contributed by atoms with Crippen LogP contribution >= 0.6 is 11.3 Å². The first kappa shape index (κ1) is 21.4. The predicted octanol–water partition coefficient (Wildman–Crippen LogP) is 5.50. The monoisotopic (exact) mass is 362 g/mol. The van der Waals surface area contributed by atoms with Crippen LogP contribution in [-0.2, 0) is 12.8 Å². The Bertz CT molecular complexity index is 690. The SMILES string of the molecule is C=C/C(CO)=C(\C=C/C)c1sc2c(c1C(=O)O)CC(C)(C)CC2.CC. The van der Waals surface area contributed by atoms with Crippen LogP contribution in [0.4, 0.5) is 0 Å². The number of allylic oxidation sites excluding steroid dienone is 3. The quantitative estimate of drug-likeness (QED) is 0.680. The third-order valence-electron chi connectivity index (χ3n) is 4.33. The molecular formula is C21H30O3S. The lowest BCUT2D eigenvalue weighted by molar-refractivity contribution is 0.0695. The Labute approximate surface area is 155 Å². The highest BCUT2D eigenvalue weighted by molar-refractivity contribution is 7.13. The number of aromatic carboxylic acids is 1. The second-order valence-electron chi connectivity index (χ2n) is 6.66. The minimum absolute atomic E-state index is 0.123. The number of hydrogen-bond acceptors (Lipinski definition) is 3. The van der Waals surface area contributed by atoms with Gasteiger partial charge in [0.1, 0.15) is 0 Å². The summed E-state index contributed by atoms with van der Waals surface area (Å²) in [5.74, 6) is -0.890. The van der Waals surface area contributed by atoms with Crippen molar-refractivity contribution in [3.8, 4) is 0 Å². The Morgan fingerprint density at radius 3 is 2.48 bits per heavy atom. The number of aryl methyl sites for hydroxylation is 1. The number of carboxylic acid groups (broad SMARTS) is 1. The fourth-order valence-corrected chi connectivity index (χ4v) is 4.46. The molecule has 1 aromatic rings. The van der Waals surface area contributed by atoms with Crippen LogP contribution in [0.2, 0.25) is 0 Å². The number of aliphatic hydroxyl groups is 1. The highest BCUT2D eigenvalue weighted by Crippen LogP contribution is 2.44. The van der Waals surface area contributed by atoms with Crippen molar-refractivity contribution in [2.24, 2.45) is 5.41 Å². The normalized spacial score (nSPS) is 16.6. The van der Waals surface area contributed by atoms with Gasteiger partial charge in [-0.3, -0.25) is 0 Å². The molecule has 1 aliphatic carbocycles. The zero-order valence-corrected chi connectivity index (χ0v) is 16.8. The van der Waals surface area contributed by atoms with Crippen LogP contribution in [0.1, 0.15) is 66.7 Å². The fraction of sp³-hybridized carbons (Fsp3) is 0.476. The maximum absolute atomic E-state index is 11.9. The van der Waals surface area contributed by atoms with Crippen molar-refractivity contribution in [1.82, 2.24) is 0 Å². The van der Waals surface area contributed by atoms with E-state index in [2.05, 4.69) is 20.4 Å². The summed E-state index contributed by atoms with van der Waals surface area (Å²) in [7, 11) is 0. The van der Waals surface area contributed by atoms with Gasteiger partial charge in [-0.1, -0.05) is 52.5 Å². The summed E-state index contributed by atoms with van der Waals surface area (Å²) in [6, 6.07) is 0. The van der Waals surface area contributed by atoms with Gasteiger partial charge in [-0.15, -0.1) is 11.3 Å². The number of hydrogen-bond donors (Lipinski definition) is 2. The van der Waals surface area contributed by atoms with Gasteiger partial charge in [0.2, 0.25) is 0 Å². The number of carbonyl (C=O) groups is 1. The number of rotatable bonds is 5. The topological polar surface area (TPSA) is 57.5 Å². The van der Waals surface area contributed by atoms with Crippen molar-refractivity contribution in [2.45, 2.75) is 53.9 Å². The lowest BCUT2D eigenvalue weighted by Crippen LogP contribution is -2.22. The molecule has 138 valence electrons. The van der Waals surface area contributed by atoms with E-state index in [-0.39, 0.29) is 12.0 Å². The average Bonchev–Trinajstić information content (AvgIpc) is 2.94. The lowest BCUT2D eigenvalue weighted by Gasteiger charge is -2.29. The molecule has 3 nitrogen and oxygen atoms in total. The summed E-state index contributed by atoms with van der Waals surface area (Å²) >= 11 is 1.55. The van der Waals surface area contributed by atoms with E-state index >= 15 is 0 Å². The number of fused-ring (bicyclic) bond motifs is 1. The summed E-state index contributed by atoms with van der Waals surface area (Å²) in [5, 5.41) is 19.4. The van der Waals surface area contributed by atoms with Gasteiger partial charge in [0.05, 0.1) is 12.2 Å². The fourth-order valence-electron chi connectivity index (χ4n) is 3.09. The maximum Gasteiger partial charge on any atom is 0.337 e. The molecule has 0 fully saturated rings. The van der Waals surface area contributed by atoms with Gasteiger partial charge >= 0.3 is 5.97 Å². The van der Waals surface area contributed by atoms with E-state index < -0.39 is 5.97 Å². The van der Waals surface area contributed by atoms with Crippen molar-refractivity contribution in [3.05, 3.63) is 51.3 Å². The van der Waals surface area contributed by atoms with Gasteiger partial charge in [-0.25, -0.2) is 4.79 Å². The number of carboxylic acids is 1. The van der Waals surface area contributed by atoms with Crippen molar-refractivity contribution >= 4 is 22.9 Å². The summed E-state index contributed by atoms with van der Waals surface area (Å²) in [4.78, 5) is 13.9. The van der Waals surface area contributed by atoms with Crippen LogP contribution in [0, 0.1) is 5.41 Å². The van der Waals surface area contributed by atoms with Gasteiger partial charge in [0.25, 0.3) is 0 Å². The molecule has 0 spiro atoms. The van der Waals surface area contributed by atoms with Crippen LogP contribution in [0.15, 0.2) is 30.4 Å². The predicted molar refractivity (Wildman–Crippen MR) is 107 cm³/mol. The first-order valence-corrected chi connectivity index (χ1v) is 9.63. The first-order chi connectivity index (χ1) is 11.8. The Balaban J connectivity index is 0.00000151. The van der Waals surface area contributed by atoms with E-state index in [1.165, 1.54) is 4.88 Å². The molecule has 0 bridgehead atoms. The standard InChI is InChI=1S/C19H24O3S.C2H6/c1-5-7-13(12(6-2)11-20)17-16(18(21)22)14-10-19(3,4)9-8-15(14)23-17;1-2/h5-7,20H,2,8-11H2,1,3-4H3,(H,21,22);1-2H3/b7-5-,13-12-;. The van der Waals surface area contributed by atoms with Crippen LogP contribution in [0.25, 0.3) is 5.57 Å². The molecular weight excluding hydrogens is 332 g/mol. The third kappa shape index (κ3) is 4.71. The minimum atomic E-state index is -0.890. The molecule has 0 aliphatic heterocycles. The van der Waals surface area contributed by atoms with E-state index in [0.29, 0.717) is 11.1 Å². The van der Waals surface area contributed by atoms with E-state index in [4.69, 9.17) is 0 Å². The number of aliphatic hydroxyl groups excluding tert-OH is 1. The van der Waals surface area contributed by atoms with E-state index in [9.17, 15) is 15.0 Å². The zero-order chi connectivity index (χ0) is 19.2. The third-order valence-corrected chi connectivity index (χ3v) is 5.65. The molecule has 1 aromatic heterocycles. The number of thiophene rings is 1. The lowest BCUT2D eigenvalue weighted by atomic mass is 9.76. The van der Waals surface area contributed by atoms with Gasteiger partial charge in [-0.05, 0) is 48.3 Å².